The van der Waals surface area contributed by atoms with Crippen LogP contribution in [0, 0.1) is 6.92 Å². The third-order valence-corrected chi connectivity index (χ3v) is 2.21. The molecule has 0 fully saturated rings. The van der Waals surface area contributed by atoms with Crippen molar-refractivity contribution in [1.29, 1.82) is 0 Å². The van der Waals surface area contributed by atoms with Crippen LogP contribution in [0.5, 0.6) is 11.5 Å². The van der Waals surface area contributed by atoms with Crippen LogP contribution in [0.3, 0.4) is 0 Å². The number of aryl methyl sites for hydroxylation is 1. The molecule has 0 unspecified atom stereocenters. The predicted octanol–water partition coefficient (Wildman–Crippen LogP) is 1.51. The highest BCUT2D eigenvalue weighted by Gasteiger charge is 2.07. The van der Waals surface area contributed by atoms with Crippen molar-refractivity contribution in [2.45, 2.75) is 13.3 Å². The molecule has 0 amide bonds. The summed E-state index contributed by atoms with van der Waals surface area (Å²) >= 11 is 0. The Balaban J connectivity index is 3.11. The summed E-state index contributed by atoms with van der Waals surface area (Å²) in [5.41, 5.74) is 7.69. The SMILES string of the molecule is COc1cc(C)c(OC)[13cH]c1CCN. The van der Waals surface area contributed by atoms with E-state index in [1.54, 1.807) is 14.2 Å². The molecule has 1 rings (SSSR count). The van der Waals surface area contributed by atoms with E-state index in [2.05, 4.69) is 0 Å². The molecular formula is C11H17NO2. The van der Waals surface area contributed by atoms with E-state index in [-0.39, 0.29) is 0 Å². The molecule has 0 atom stereocenters. The molecule has 0 aliphatic carbocycles. The van der Waals surface area contributed by atoms with E-state index < -0.39 is 0 Å². The fraction of sp³-hybridized carbons (Fsp3) is 0.455. The minimum Gasteiger partial charge on any atom is -0.496 e. The first-order valence-corrected chi connectivity index (χ1v) is 4.64. The maximum atomic E-state index is 5.52. The Kier molecular flexibility index (Phi) is 3.77. The second kappa shape index (κ2) is 4.86. The number of ether oxygens (including phenoxy) is 2. The topological polar surface area (TPSA) is 44.5 Å². The first kappa shape index (κ1) is 10.9. The lowest BCUT2D eigenvalue weighted by atomic mass is 10.1. The van der Waals surface area contributed by atoms with Crippen LogP contribution in [0.25, 0.3) is 0 Å². The Labute approximate surface area is 84.8 Å². The normalized spacial score (nSPS) is 10.0. The van der Waals surface area contributed by atoms with Gasteiger partial charge in [-0.2, -0.15) is 0 Å². The summed E-state index contributed by atoms with van der Waals surface area (Å²) in [5, 5.41) is 0. The number of nitrogens with two attached hydrogens (primary N) is 1. The van der Waals surface area contributed by atoms with Gasteiger partial charge in [-0.05, 0) is 43.1 Å². The van der Waals surface area contributed by atoms with Gasteiger partial charge in [-0.3, -0.25) is 0 Å². The first-order chi connectivity index (χ1) is 6.72. The second-order valence-corrected chi connectivity index (χ2v) is 3.17. The number of hydrogen-bond donors (Lipinski definition) is 1. The van der Waals surface area contributed by atoms with Gasteiger partial charge in [0.25, 0.3) is 0 Å². The predicted molar refractivity (Wildman–Crippen MR) is 57.0 cm³/mol. The average molecular weight is 196 g/mol. The molecule has 0 radical (unpaired) electrons. The fourth-order valence-electron chi connectivity index (χ4n) is 1.46. The van der Waals surface area contributed by atoms with Crippen molar-refractivity contribution in [3.05, 3.63) is 23.3 Å². The molecule has 0 spiro atoms. The number of rotatable bonds is 4. The largest absolute Gasteiger partial charge is 0.496 e. The third-order valence-electron chi connectivity index (χ3n) is 2.21. The first-order valence-electron chi connectivity index (χ1n) is 4.64. The van der Waals surface area contributed by atoms with Crippen molar-refractivity contribution in [2.24, 2.45) is 5.73 Å². The molecule has 14 heavy (non-hydrogen) atoms. The second-order valence-electron chi connectivity index (χ2n) is 3.17. The Morgan fingerprint density at radius 2 is 1.79 bits per heavy atom. The number of benzene rings is 1. The lowest BCUT2D eigenvalue weighted by molar-refractivity contribution is 0.396. The van der Waals surface area contributed by atoms with Crippen molar-refractivity contribution < 1.29 is 9.47 Å². The molecule has 0 saturated heterocycles. The van der Waals surface area contributed by atoms with Crippen molar-refractivity contribution in [2.75, 3.05) is 20.8 Å². The van der Waals surface area contributed by atoms with Crippen LogP contribution in [0.2, 0.25) is 0 Å². The van der Waals surface area contributed by atoms with Gasteiger partial charge in [-0.15, -0.1) is 0 Å². The summed E-state index contributed by atoms with van der Waals surface area (Å²) in [6.07, 6.45) is 0.805. The summed E-state index contributed by atoms with van der Waals surface area (Å²) in [6.45, 7) is 2.61. The quantitative estimate of drug-likeness (QED) is 0.794. The van der Waals surface area contributed by atoms with Gasteiger partial charge in [0.05, 0.1) is 14.2 Å². The Morgan fingerprint density at radius 1 is 1.14 bits per heavy atom. The van der Waals surface area contributed by atoms with E-state index in [4.69, 9.17) is 15.2 Å². The minimum atomic E-state index is 0.614. The highest BCUT2D eigenvalue weighted by Crippen LogP contribution is 2.28. The van der Waals surface area contributed by atoms with Crippen molar-refractivity contribution in [1.82, 2.24) is 0 Å². The maximum absolute atomic E-state index is 5.52. The van der Waals surface area contributed by atoms with E-state index in [1.165, 1.54) is 0 Å². The molecule has 0 bridgehead atoms. The van der Waals surface area contributed by atoms with Gasteiger partial charge in [-0.1, -0.05) is 0 Å². The van der Waals surface area contributed by atoms with Crippen molar-refractivity contribution >= 4 is 0 Å². The monoisotopic (exact) mass is 196 g/mol. The van der Waals surface area contributed by atoms with Crippen molar-refractivity contribution in [3.8, 4) is 11.5 Å². The van der Waals surface area contributed by atoms with Crippen LogP contribution < -0.4 is 15.2 Å². The number of hydrogen-bond acceptors (Lipinski definition) is 3. The Hall–Kier alpha value is -1.22. The molecule has 0 aliphatic rings. The van der Waals surface area contributed by atoms with E-state index in [0.717, 1.165) is 29.0 Å². The van der Waals surface area contributed by atoms with E-state index in [9.17, 15) is 0 Å². The molecular weight excluding hydrogens is 179 g/mol. The molecule has 78 valence electrons. The zero-order chi connectivity index (χ0) is 10.6. The van der Waals surface area contributed by atoms with Gasteiger partial charge < -0.3 is 15.2 Å². The fourth-order valence-corrected chi connectivity index (χ4v) is 1.46. The van der Waals surface area contributed by atoms with Crippen LogP contribution in [0.4, 0.5) is 0 Å². The molecule has 0 aliphatic heterocycles. The molecule has 2 N–H and O–H groups in total. The van der Waals surface area contributed by atoms with E-state index >= 15 is 0 Å². The summed E-state index contributed by atoms with van der Waals surface area (Å²) in [7, 11) is 3.34. The Morgan fingerprint density at radius 3 is 2.29 bits per heavy atom. The van der Waals surface area contributed by atoms with Gasteiger partial charge in [0, 0.05) is 0 Å². The highest BCUT2D eigenvalue weighted by atomic mass is 16.5. The lowest BCUT2D eigenvalue weighted by Crippen LogP contribution is -2.05. The van der Waals surface area contributed by atoms with E-state index in [1.807, 2.05) is 19.1 Å². The molecule has 1 aromatic carbocycles. The van der Waals surface area contributed by atoms with Crippen LogP contribution in [0.1, 0.15) is 11.1 Å². The van der Waals surface area contributed by atoms with Crippen LogP contribution >= 0.6 is 0 Å². The molecule has 0 saturated carbocycles. The molecule has 0 heterocycles. The standard InChI is InChI=1S/C11H17NO2/c1-8-6-11(14-3)9(4-5-12)7-10(8)13-2/h6-7H,4-5,12H2,1-3H3/i7+1. The summed E-state index contributed by atoms with van der Waals surface area (Å²) in [5.74, 6) is 1.77. The van der Waals surface area contributed by atoms with E-state index in [0.29, 0.717) is 6.54 Å². The van der Waals surface area contributed by atoms with Crippen LogP contribution in [0.15, 0.2) is 12.1 Å². The van der Waals surface area contributed by atoms with Gasteiger partial charge in [0.1, 0.15) is 11.5 Å². The van der Waals surface area contributed by atoms with Gasteiger partial charge in [0.15, 0.2) is 0 Å². The summed E-state index contributed by atoms with van der Waals surface area (Å²) in [6, 6.07) is 3.96. The number of methoxy groups -OCH3 is 2. The lowest BCUT2D eigenvalue weighted by Gasteiger charge is -2.12. The minimum absolute atomic E-state index is 0.614. The van der Waals surface area contributed by atoms with Gasteiger partial charge in [-0.25, -0.2) is 0 Å². The smallest absolute Gasteiger partial charge is 0.122 e. The van der Waals surface area contributed by atoms with Crippen LogP contribution in [-0.4, -0.2) is 20.8 Å². The molecule has 3 heteroatoms. The summed E-state index contributed by atoms with van der Waals surface area (Å²) in [4.78, 5) is 0. The van der Waals surface area contributed by atoms with Gasteiger partial charge in [0.2, 0.25) is 0 Å². The maximum Gasteiger partial charge on any atom is 0.122 e. The zero-order valence-electron chi connectivity index (χ0n) is 8.96. The third kappa shape index (κ3) is 2.17. The Bertz CT molecular complexity index is 310. The summed E-state index contributed by atoms with van der Waals surface area (Å²) < 4.78 is 10.5. The average Bonchev–Trinajstić information content (AvgIpc) is 2.20. The highest BCUT2D eigenvalue weighted by molar-refractivity contribution is 5.46. The zero-order valence-corrected chi connectivity index (χ0v) is 8.96. The van der Waals surface area contributed by atoms with Crippen molar-refractivity contribution in [3.63, 3.8) is 0 Å². The van der Waals surface area contributed by atoms with Crippen LogP contribution in [-0.2, 0) is 6.42 Å². The molecule has 0 aromatic heterocycles. The molecule has 3 nitrogen and oxygen atoms in total. The molecule has 1 aromatic rings. The van der Waals surface area contributed by atoms with Gasteiger partial charge >= 0.3 is 0 Å².